The standard InChI is InChI=1S/C18H14ClFN6O4S/c1-29-16-11(8-24-18(21)25-16)4-3-10-5-6-22-15(14(10)20)26-31(27,28)13-7-12(19)9-23-17(13)30-2/h5-9H,1-2H3,(H,22,26)(H2,21,24,25). The van der Waals surface area contributed by atoms with Crippen LogP contribution in [0.2, 0.25) is 5.02 Å². The van der Waals surface area contributed by atoms with E-state index in [1.807, 2.05) is 4.72 Å². The first-order valence-electron chi connectivity index (χ1n) is 8.30. The number of rotatable bonds is 5. The van der Waals surface area contributed by atoms with Gasteiger partial charge in [0.05, 0.1) is 31.0 Å². The minimum atomic E-state index is -4.33. The van der Waals surface area contributed by atoms with Gasteiger partial charge in [-0.25, -0.2) is 27.8 Å². The van der Waals surface area contributed by atoms with Crippen LogP contribution in [0.3, 0.4) is 0 Å². The second-order valence-electron chi connectivity index (χ2n) is 5.69. The lowest BCUT2D eigenvalue weighted by molar-refractivity contribution is 0.385. The molecule has 3 heterocycles. The van der Waals surface area contributed by atoms with Crippen molar-refractivity contribution in [2.45, 2.75) is 4.90 Å². The Labute approximate surface area is 181 Å². The number of methoxy groups -OCH3 is 2. The third-order valence-electron chi connectivity index (χ3n) is 3.69. The second-order valence-corrected chi connectivity index (χ2v) is 7.78. The highest BCUT2D eigenvalue weighted by Crippen LogP contribution is 2.27. The molecule has 0 bridgehead atoms. The molecule has 160 valence electrons. The summed E-state index contributed by atoms with van der Waals surface area (Å²) >= 11 is 5.83. The summed E-state index contributed by atoms with van der Waals surface area (Å²) in [5.41, 5.74) is 5.60. The van der Waals surface area contributed by atoms with Crippen molar-refractivity contribution in [2.75, 3.05) is 24.7 Å². The lowest BCUT2D eigenvalue weighted by Gasteiger charge is -2.11. The first-order valence-corrected chi connectivity index (χ1v) is 10.2. The van der Waals surface area contributed by atoms with Crippen molar-refractivity contribution in [1.29, 1.82) is 0 Å². The van der Waals surface area contributed by atoms with E-state index in [9.17, 15) is 12.8 Å². The minimum absolute atomic E-state index is 0.0138. The maximum Gasteiger partial charge on any atom is 0.268 e. The van der Waals surface area contributed by atoms with Crippen LogP contribution in [-0.4, -0.2) is 42.6 Å². The largest absolute Gasteiger partial charge is 0.480 e. The zero-order valence-electron chi connectivity index (χ0n) is 16.1. The molecule has 3 aromatic heterocycles. The van der Waals surface area contributed by atoms with Crippen LogP contribution in [0.1, 0.15) is 11.1 Å². The summed E-state index contributed by atoms with van der Waals surface area (Å²) in [6.07, 6.45) is 3.72. The fourth-order valence-corrected chi connectivity index (χ4v) is 3.68. The Morgan fingerprint density at radius 2 is 1.81 bits per heavy atom. The molecule has 0 aliphatic rings. The van der Waals surface area contributed by atoms with E-state index in [1.165, 1.54) is 38.9 Å². The molecule has 0 unspecified atom stereocenters. The lowest BCUT2D eigenvalue weighted by Crippen LogP contribution is -2.17. The number of nitrogens with zero attached hydrogens (tertiary/aromatic N) is 4. The molecule has 10 nitrogen and oxygen atoms in total. The topological polar surface area (TPSA) is 142 Å². The highest BCUT2D eigenvalue weighted by atomic mass is 35.5. The van der Waals surface area contributed by atoms with E-state index in [4.69, 9.17) is 26.8 Å². The first-order chi connectivity index (χ1) is 14.7. The maximum atomic E-state index is 14.9. The van der Waals surface area contributed by atoms with Gasteiger partial charge in [-0.05, 0) is 12.1 Å². The number of aromatic nitrogens is 4. The van der Waals surface area contributed by atoms with Crippen molar-refractivity contribution < 1.29 is 22.3 Å². The predicted molar refractivity (Wildman–Crippen MR) is 110 cm³/mol. The molecule has 0 radical (unpaired) electrons. The van der Waals surface area contributed by atoms with E-state index in [-0.39, 0.29) is 38.8 Å². The van der Waals surface area contributed by atoms with Crippen molar-refractivity contribution in [3.63, 3.8) is 0 Å². The number of halogens is 2. The molecule has 31 heavy (non-hydrogen) atoms. The molecule has 3 N–H and O–H groups in total. The number of sulfonamides is 1. The van der Waals surface area contributed by atoms with E-state index >= 15 is 0 Å². The van der Waals surface area contributed by atoms with Gasteiger partial charge in [0.25, 0.3) is 10.0 Å². The molecule has 0 amide bonds. The van der Waals surface area contributed by atoms with Gasteiger partial charge in [0.15, 0.2) is 16.5 Å². The summed E-state index contributed by atoms with van der Waals surface area (Å²) in [5.74, 6) is 3.51. The molecular formula is C18H14ClFN6O4S. The fraction of sp³-hybridized carbons (Fsp3) is 0.111. The van der Waals surface area contributed by atoms with Gasteiger partial charge in [0, 0.05) is 12.4 Å². The highest BCUT2D eigenvalue weighted by Gasteiger charge is 2.24. The van der Waals surface area contributed by atoms with Crippen LogP contribution in [0.4, 0.5) is 16.2 Å². The van der Waals surface area contributed by atoms with Gasteiger partial charge in [0.1, 0.15) is 5.56 Å². The van der Waals surface area contributed by atoms with E-state index in [1.54, 1.807) is 0 Å². The summed E-state index contributed by atoms with van der Waals surface area (Å²) in [4.78, 5) is 14.8. The average Bonchev–Trinajstić information content (AvgIpc) is 2.74. The van der Waals surface area contributed by atoms with Crippen LogP contribution in [0.5, 0.6) is 11.8 Å². The van der Waals surface area contributed by atoms with Crippen molar-refractivity contribution >= 4 is 33.4 Å². The van der Waals surface area contributed by atoms with E-state index in [2.05, 4.69) is 31.8 Å². The molecule has 0 spiro atoms. The van der Waals surface area contributed by atoms with E-state index in [0.29, 0.717) is 0 Å². The Balaban J connectivity index is 1.97. The van der Waals surface area contributed by atoms with Gasteiger partial charge < -0.3 is 15.2 Å². The molecule has 0 aliphatic carbocycles. The Hall–Kier alpha value is -3.69. The monoisotopic (exact) mass is 464 g/mol. The number of nitrogens with one attached hydrogen (secondary N) is 1. The van der Waals surface area contributed by atoms with Crippen molar-refractivity contribution in [3.05, 3.63) is 52.7 Å². The second kappa shape index (κ2) is 8.99. The zero-order valence-corrected chi connectivity index (χ0v) is 17.6. The highest BCUT2D eigenvalue weighted by molar-refractivity contribution is 7.92. The summed E-state index contributed by atoms with van der Waals surface area (Å²) < 4.78 is 52.4. The summed E-state index contributed by atoms with van der Waals surface area (Å²) in [6.45, 7) is 0. The molecule has 3 rings (SSSR count). The normalized spacial score (nSPS) is 10.7. The number of pyridine rings is 2. The molecule has 0 aliphatic heterocycles. The van der Waals surface area contributed by atoms with Gasteiger partial charge >= 0.3 is 0 Å². The van der Waals surface area contributed by atoms with Gasteiger partial charge in [-0.2, -0.15) is 4.98 Å². The number of anilines is 2. The quantitative estimate of drug-likeness (QED) is 0.541. The van der Waals surface area contributed by atoms with Crippen LogP contribution in [0.15, 0.2) is 35.6 Å². The van der Waals surface area contributed by atoms with Gasteiger partial charge in [0.2, 0.25) is 17.7 Å². The number of hydrogen-bond acceptors (Lipinski definition) is 9. The minimum Gasteiger partial charge on any atom is -0.480 e. The molecule has 3 aromatic rings. The number of nitrogens with two attached hydrogens (primary N) is 1. The van der Waals surface area contributed by atoms with Crippen LogP contribution in [0, 0.1) is 17.7 Å². The molecular weight excluding hydrogens is 451 g/mol. The van der Waals surface area contributed by atoms with Gasteiger partial charge in [-0.1, -0.05) is 23.4 Å². The van der Waals surface area contributed by atoms with Crippen LogP contribution in [0.25, 0.3) is 0 Å². The SMILES string of the molecule is COc1nc(N)ncc1C#Cc1ccnc(NS(=O)(=O)c2cc(Cl)cnc2OC)c1F. The van der Waals surface area contributed by atoms with Gasteiger partial charge in [-0.15, -0.1) is 0 Å². The van der Waals surface area contributed by atoms with Crippen LogP contribution >= 0.6 is 11.6 Å². The predicted octanol–water partition coefficient (Wildman–Crippen LogP) is 1.86. The molecule has 13 heteroatoms. The summed E-state index contributed by atoms with van der Waals surface area (Å²) in [7, 11) is -1.72. The molecule has 0 atom stereocenters. The van der Waals surface area contributed by atoms with Crippen molar-refractivity contribution in [1.82, 2.24) is 19.9 Å². The number of nitrogen functional groups attached to an aromatic ring is 1. The maximum absolute atomic E-state index is 14.9. The summed E-state index contributed by atoms with van der Waals surface area (Å²) in [5, 5.41) is 0.0499. The summed E-state index contributed by atoms with van der Waals surface area (Å²) in [6, 6.07) is 2.39. The number of hydrogen-bond donors (Lipinski definition) is 2. The Bertz CT molecular complexity index is 1310. The molecule has 0 fully saturated rings. The Morgan fingerprint density at radius 3 is 2.52 bits per heavy atom. The third-order valence-corrected chi connectivity index (χ3v) is 5.23. The number of ether oxygens (including phenoxy) is 2. The van der Waals surface area contributed by atoms with E-state index < -0.39 is 21.7 Å². The lowest BCUT2D eigenvalue weighted by atomic mass is 10.2. The Kier molecular flexibility index (Phi) is 6.38. The van der Waals surface area contributed by atoms with Crippen LogP contribution in [-0.2, 0) is 10.0 Å². The molecule has 0 saturated heterocycles. The molecule has 0 aromatic carbocycles. The zero-order chi connectivity index (χ0) is 22.6. The third kappa shape index (κ3) is 4.90. The average molecular weight is 465 g/mol. The Morgan fingerprint density at radius 1 is 1.10 bits per heavy atom. The fourth-order valence-electron chi connectivity index (χ4n) is 2.30. The molecule has 0 saturated carbocycles. The van der Waals surface area contributed by atoms with Crippen molar-refractivity contribution in [3.8, 4) is 23.6 Å². The van der Waals surface area contributed by atoms with Crippen LogP contribution < -0.4 is 19.9 Å². The van der Waals surface area contributed by atoms with E-state index in [0.717, 1.165) is 6.07 Å². The first kappa shape index (κ1) is 22.0. The van der Waals surface area contributed by atoms with Gasteiger partial charge in [-0.3, -0.25) is 4.72 Å². The smallest absolute Gasteiger partial charge is 0.268 e. The van der Waals surface area contributed by atoms with Crippen molar-refractivity contribution in [2.24, 2.45) is 0 Å².